The van der Waals surface area contributed by atoms with Crippen LogP contribution in [-0.4, -0.2) is 48.8 Å². The van der Waals surface area contributed by atoms with E-state index in [1.165, 1.54) is 28.5 Å². The lowest BCUT2D eigenvalue weighted by molar-refractivity contribution is 0.0730. The van der Waals surface area contributed by atoms with E-state index >= 15 is 0 Å². The van der Waals surface area contributed by atoms with Crippen molar-refractivity contribution in [2.75, 3.05) is 26.3 Å². The Morgan fingerprint density at radius 2 is 1.96 bits per heavy atom. The van der Waals surface area contributed by atoms with E-state index in [2.05, 4.69) is 5.10 Å². The van der Waals surface area contributed by atoms with Crippen LogP contribution < -0.4 is 0 Å². The average molecular weight is 367 g/mol. The van der Waals surface area contributed by atoms with Crippen LogP contribution in [0.5, 0.6) is 0 Å². The zero-order valence-corrected chi connectivity index (χ0v) is 15.1. The molecule has 1 aliphatic heterocycles. The van der Waals surface area contributed by atoms with E-state index in [1.807, 2.05) is 22.2 Å². The van der Waals surface area contributed by atoms with Crippen molar-refractivity contribution in [2.24, 2.45) is 0 Å². The summed E-state index contributed by atoms with van der Waals surface area (Å²) in [4.78, 5) is 1.23. The van der Waals surface area contributed by atoms with E-state index in [0.717, 1.165) is 17.7 Å². The number of ether oxygens (including phenoxy) is 1. The van der Waals surface area contributed by atoms with E-state index in [0.29, 0.717) is 42.9 Å². The average Bonchev–Trinajstić information content (AvgIpc) is 3.34. The largest absolute Gasteiger partial charge is 0.379 e. The molecule has 1 saturated heterocycles. The zero-order valence-electron chi connectivity index (χ0n) is 13.4. The molecule has 2 aromatic heterocycles. The third-order valence-electron chi connectivity index (χ3n) is 4.74. The highest BCUT2D eigenvalue weighted by molar-refractivity contribution is 7.89. The van der Waals surface area contributed by atoms with E-state index in [1.54, 1.807) is 6.20 Å². The number of sulfonamides is 1. The molecule has 0 radical (unpaired) electrons. The second-order valence-electron chi connectivity index (χ2n) is 6.25. The Balaban J connectivity index is 1.77. The van der Waals surface area contributed by atoms with Gasteiger partial charge in [-0.3, -0.25) is 4.68 Å². The normalized spacial score (nSPS) is 20.7. The summed E-state index contributed by atoms with van der Waals surface area (Å²) in [6.45, 7) is 1.70. The minimum absolute atomic E-state index is 0.317. The first-order valence-corrected chi connectivity index (χ1v) is 10.7. The number of thiophene rings is 1. The van der Waals surface area contributed by atoms with Gasteiger partial charge in [0, 0.05) is 19.3 Å². The van der Waals surface area contributed by atoms with Gasteiger partial charge in [-0.05, 0) is 24.3 Å². The van der Waals surface area contributed by atoms with Crippen LogP contribution in [0, 0.1) is 0 Å². The molecule has 0 bridgehead atoms. The van der Waals surface area contributed by atoms with Crippen molar-refractivity contribution >= 4 is 21.4 Å². The van der Waals surface area contributed by atoms with Gasteiger partial charge in [-0.2, -0.15) is 9.40 Å². The number of morpholine rings is 1. The van der Waals surface area contributed by atoms with E-state index in [-0.39, 0.29) is 0 Å². The van der Waals surface area contributed by atoms with E-state index in [9.17, 15) is 8.42 Å². The van der Waals surface area contributed by atoms with Crippen molar-refractivity contribution in [2.45, 2.75) is 36.6 Å². The molecule has 2 aromatic rings. The summed E-state index contributed by atoms with van der Waals surface area (Å²) < 4.78 is 35.0. The summed E-state index contributed by atoms with van der Waals surface area (Å²) in [6.07, 6.45) is 6.26. The Hall–Kier alpha value is -1.22. The van der Waals surface area contributed by atoms with Crippen LogP contribution in [0.25, 0.3) is 10.6 Å². The van der Waals surface area contributed by atoms with Crippen molar-refractivity contribution in [3.05, 3.63) is 23.7 Å². The topological polar surface area (TPSA) is 64.4 Å². The van der Waals surface area contributed by atoms with Gasteiger partial charge in [0.05, 0.1) is 24.1 Å². The Bertz CT molecular complexity index is 787. The molecule has 0 aromatic carbocycles. The molecule has 0 N–H and O–H groups in total. The number of hydrogen-bond acceptors (Lipinski definition) is 5. The van der Waals surface area contributed by atoms with Crippen LogP contribution in [0.3, 0.4) is 0 Å². The number of aromatic nitrogens is 2. The maximum atomic E-state index is 13.2. The third kappa shape index (κ3) is 2.92. The molecule has 6 nitrogen and oxygen atoms in total. The fraction of sp³-hybridized carbons (Fsp3) is 0.562. The minimum atomic E-state index is -3.55. The second-order valence-corrected chi connectivity index (χ2v) is 9.11. The standard InChI is InChI=1S/C16H21N3O3S2/c20-24(21,18-7-9-22-10-8-18)15-12-19(13-4-1-2-5-13)17-16(15)14-6-3-11-23-14/h3,6,11-13H,1-2,4-5,7-10H2. The van der Waals surface area contributed by atoms with Gasteiger partial charge in [0.15, 0.2) is 0 Å². The molecule has 3 heterocycles. The van der Waals surface area contributed by atoms with Crippen LogP contribution in [0.2, 0.25) is 0 Å². The van der Waals surface area contributed by atoms with Gasteiger partial charge in [0.25, 0.3) is 0 Å². The van der Waals surface area contributed by atoms with Gasteiger partial charge >= 0.3 is 0 Å². The van der Waals surface area contributed by atoms with Gasteiger partial charge in [0.2, 0.25) is 10.0 Å². The van der Waals surface area contributed by atoms with Gasteiger partial charge in [-0.25, -0.2) is 8.42 Å². The maximum Gasteiger partial charge on any atom is 0.247 e. The molecule has 8 heteroatoms. The highest BCUT2D eigenvalue weighted by Gasteiger charge is 2.32. The predicted octanol–water partition coefficient (Wildman–Crippen LogP) is 2.75. The molecule has 1 saturated carbocycles. The summed E-state index contributed by atoms with van der Waals surface area (Å²) in [5.74, 6) is 0. The highest BCUT2D eigenvalue weighted by Crippen LogP contribution is 2.35. The zero-order chi connectivity index (χ0) is 16.6. The van der Waals surface area contributed by atoms with E-state index in [4.69, 9.17) is 4.74 Å². The quantitative estimate of drug-likeness (QED) is 0.833. The highest BCUT2D eigenvalue weighted by atomic mass is 32.2. The Morgan fingerprint density at radius 3 is 2.62 bits per heavy atom. The van der Waals surface area contributed by atoms with E-state index < -0.39 is 10.0 Å². The fourth-order valence-corrected chi connectivity index (χ4v) is 5.76. The first kappa shape index (κ1) is 16.3. The van der Waals surface area contributed by atoms with Gasteiger partial charge in [0.1, 0.15) is 10.6 Å². The lowest BCUT2D eigenvalue weighted by Crippen LogP contribution is -2.40. The maximum absolute atomic E-state index is 13.2. The Labute approximate surface area is 146 Å². The fourth-order valence-electron chi connectivity index (χ4n) is 3.43. The molecule has 2 fully saturated rings. The SMILES string of the molecule is O=S(=O)(c1cn(C2CCCC2)nc1-c1cccs1)N1CCOCC1. The molecule has 130 valence electrons. The Morgan fingerprint density at radius 1 is 1.21 bits per heavy atom. The van der Waals surface area contributed by atoms with Gasteiger partial charge < -0.3 is 4.74 Å². The van der Waals surface area contributed by atoms with Crippen LogP contribution >= 0.6 is 11.3 Å². The lowest BCUT2D eigenvalue weighted by atomic mass is 10.3. The van der Waals surface area contributed by atoms with Crippen LogP contribution in [-0.2, 0) is 14.8 Å². The number of hydrogen-bond donors (Lipinski definition) is 0. The molecule has 0 amide bonds. The first-order chi connectivity index (χ1) is 11.7. The molecule has 1 aliphatic carbocycles. The molecule has 4 rings (SSSR count). The summed E-state index contributed by atoms with van der Waals surface area (Å²) in [5.41, 5.74) is 0.586. The summed E-state index contributed by atoms with van der Waals surface area (Å²) in [6, 6.07) is 4.18. The summed E-state index contributed by atoms with van der Waals surface area (Å²) >= 11 is 1.53. The van der Waals surface area contributed by atoms with Crippen LogP contribution in [0.1, 0.15) is 31.7 Å². The summed E-state index contributed by atoms with van der Waals surface area (Å²) in [7, 11) is -3.55. The first-order valence-electron chi connectivity index (χ1n) is 8.37. The molecular weight excluding hydrogens is 346 g/mol. The molecular formula is C16H21N3O3S2. The molecule has 0 unspecified atom stereocenters. The number of rotatable bonds is 4. The van der Waals surface area contributed by atoms with Crippen molar-refractivity contribution in [3.63, 3.8) is 0 Å². The third-order valence-corrected chi connectivity index (χ3v) is 7.52. The van der Waals surface area contributed by atoms with Gasteiger partial charge in [-0.15, -0.1) is 11.3 Å². The minimum Gasteiger partial charge on any atom is -0.379 e. The van der Waals surface area contributed by atoms with Crippen molar-refractivity contribution < 1.29 is 13.2 Å². The smallest absolute Gasteiger partial charge is 0.247 e. The van der Waals surface area contributed by atoms with Crippen LogP contribution in [0.4, 0.5) is 0 Å². The monoisotopic (exact) mass is 367 g/mol. The van der Waals surface area contributed by atoms with Crippen molar-refractivity contribution in [1.29, 1.82) is 0 Å². The second kappa shape index (κ2) is 6.59. The molecule has 0 atom stereocenters. The van der Waals surface area contributed by atoms with Crippen LogP contribution in [0.15, 0.2) is 28.6 Å². The lowest BCUT2D eigenvalue weighted by Gasteiger charge is -2.25. The van der Waals surface area contributed by atoms with Crippen molar-refractivity contribution in [3.8, 4) is 10.6 Å². The van der Waals surface area contributed by atoms with Gasteiger partial charge in [-0.1, -0.05) is 18.9 Å². The molecule has 24 heavy (non-hydrogen) atoms. The van der Waals surface area contributed by atoms with Crippen molar-refractivity contribution in [1.82, 2.24) is 14.1 Å². The summed E-state index contributed by atoms with van der Waals surface area (Å²) in [5, 5.41) is 6.64. The predicted molar refractivity (Wildman–Crippen MR) is 92.6 cm³/mol. The Kier molecular flexibility index (Phi) is 4.46. The molecule has 0 spiro atoms. The molecule has 2 aliphatic rings. The number of nitrogens with zero attached hydrogens (tertiary/aromatic N) is 3.